The van der Waals surface area contributed by atoms with Gasteiger partial charge < -0.3 is 10.1 Å². The molecule has 2 heteroatoms. The second kappa shape index (κ2) is 10.2. The van der Waals surface area contributed by atoms with Crippen LogP contribution in [0.1, 0.15) is 82.9 Å². The van der Waals surface area contributed by atoms with E-state index in [0.717, 1.165) is 18.5 Å². The summed E-state index contributed by atoms with van der Waals surface area (Å²) in [4.78, 5) is 3.07. The summed E-state index contributed by atoms with van der Waals surface area (Å²) >= 11 is 0. The molecule has 104 valence electrons. The van der Waals surface area contributed by atoms with Crippen molar-refractivity contribution in [1.82, 2.24) is 4.98 Å². The van der Waals surface area contributed by atoms with Crippen molar-refractivity contribution in [3.8, 4) is 0 Å². The zero-order valence-electron chi connectivity index (χ0n) is 11.8. The Kier molecular flexibility index (Phi) is 8.66. The van der Waals surface area contributed by atoms with Crippen LogP contribution in [-0.2, 0) is 0 Å². The summed E-state index contributed by atoms with van der Waals surface area (Å²) in [5.41, 5.74) is 0.953. The first-order valence-corrected chi connectivity index (χ1v) is 7.66. The van der Waals surface area contributed by atoms with Crippen molar-refractivity contribution in [2.75, 3.05) is 0 Å². The molecule has 0 aliphatic heterocycles. The van der Waals surface area contributed by atoms with Crippen LogP contribution in [-0.4, -0.2) is 10.1 Å². The number of hydrogen-bond donors (Lipinski definition) is 2. The van der Waals surface area contributed by atoms with E-state index in [0.29, 0.717) is 0 Å². The molecule has 1 heterocycles. The molecule has 0 aliphatic carbocycles. The molecule has 0 aliphatic rings. The average Bonchev–Trinajstić information content (AvgIpc) is 2.90. The fourth-order valence-corrected chi connectivity index (χ4v) is 2.36. The van der Waals surface area contributed by atoms with Crippen LogP contribution in [0.4, 0.5) is 0 Å². The van der Waals surface area contributed by atoms with Crippen LogP contribution in [0.5, 0.6) is 0 Å². The van der Waals surface area contributed by atoms with Crippen LogP contribution in [0, 0.1) is 0 Å². The number of aromatic amines is 1. The summed E-state index contributed by atoms with van der Waals surface area (Å²) in [6.45, 7) is 2.26. The molecule has 0 amide bonds. The molecular weight excluding hydrogens is 222 g/mol. The predicted octanol–water partition coefficient (Wildman–Crippen LogP) is 4.97. The predicted molar refractivity (Wildman–Crippen MR) is 77.6 cm³/mol. The lowest BCUT2D eigenvalue weighted by atomic mass is 10.0. The van der Waals surface area contributed by atoms with Crippen molar-refractivity contribution in [3.05, 3.63) is 24.0 Å². The van der Waals surface area contributed by atoms with Crippen LogP contribution in [0.2, 0.25) is 0 Å². The molecule has 1 rings (SSSR count). The summed E-state index contributed by atoms with van der Waals surface area (Å²) in [5.74, 6) is 0. The van der Waals surface area contributed by atoms with Gasteiger partial charge in [0, 0.05) is 11.9 Å². The Balaban J connectivity index is 1.87. The minimum Gasteiger partial charge on any atom is -0.387 e. The summed E-state index contributed by atoms with van der Waals surface area (Å²) < 4.78 is 0. The van der Waals surface area contributed by atoms with Crippen molar-refractivity contribution in [1.29, 1.82) is 0 Å². The topological polar surface area (TPSA) is 36.0 Å². The van der Waals surface area contributed by atoms with Crippen LogP contribution in [0.15, 0.2) is 18.3 Å². The van der Waals surface area contributed by atoms with Crippen molar-refractivity contribution in [3.63, 3.8) is 0 Å². The summed E-state index contributed by atoms with van der Waals surface area (Å²) in [7, 11) is 0. The molecule has 1 aromatic heterocycles. The van der Waals surface area contributed by atoms with Gasteiger partial charge in [-0.05, 0) is 18.6 Å². The first-order chi connectivity index (χ1) is 8.84. The van der Waals surface area contributed by atoms with Crippen LogP contribution in [0.25, 0.3) is 0 Å². The Morgan fingerprint density at radius 3 is 2.17 bits per heavy atom. The van der Waals surface area contributed by atoms with Crippen LogP contribution >= 0.6 is 0 Å². The minimum atomic E-state index is -0.301. The number of hydrogen-bond acceptors (Lipinski definition) is 1. The third-order valence-electron chi connectivity index (χ3n) is 3.56. The van der Waals surface area contributed by atoms with Gasteiger partial charge in [0.2, 0.25) is 0 Å². The van der Waals surface area contributed by atoms with E-state index in [9.17, 15) is 5.11 Å². The van der Waals surface area contributed by atoms with E-state index in [4.69, 9.17) is 0 Å². The summed E-state index contributed by atoms with van der Waals surface area (Å²) in [5, 5.41) is 9.88. The molecule has 0 fully saturated rings. The lowest BCUT2D eigenvalue weighted by Crippen LogP contribution is -1.97. The highest BCUT2D eigenvalue weighted by Gasteiger charge is 2.06. The molecule has 1 aromatic rings. The third kappa shape index (κ3) is 6.85. The summed E-state index contributed by atoms with van der Waals surface area (Å²) in [6, 6.07) is 3.90. The first-order valence-electron chi connectivity index (χ1n) is 7.66. The maximum atomic E-state index is 9.88. The maximum absolute atomic E-state index is 9.88. The number of unbranched alkanes of at least 4 members (excludes halogenated alkanes) is 8. The Morgan fingerprint density at radius 1 is 1.00 bits per heavy atom. The molecule has 0 saturated heterocycles. The van der Waals surface area contributed by atoms with Crippen LogP contribution in [0.3, 0.4) is 0 Å². The number of aliphatic hydroxyl groups is 1. The highest BCUT2D eigenvalue weighted by atomic mass is 16.3. The molecular formula is C16H29NO. The van der Waals surface area contributed by atoms with Gasteiger partial charge in [-0.2, -0.15) is 0 Å². The summed E-state index contributed by atoms with van der Waals surface area (Å²) in [6.07, 6.45) is 14.4. The van der Waals surface area contributed by atoms with Gasteiger partial charge >= 0.3 is 0 Å². The number of aromatic nitrogens is 1. The van der Waals surface area contributed by atoms with E-state index in [1.165, 1.54) is 51.4 Å². The second-order valence-corrected chi connectivity index (χ2v) is 5.26. The Hall–Kier alpha value is -0.760. The SMILES string of the molecule is CCCCCCCCCCCC(O)c1ccc[nH]1. The molecule has 0 bridgehead atoms. The fraction of sp³-hybridized carbons (Fsp3) is 0.750. The Labute approximate surface area is 112 Å². The number of aliphatic hydroxyl groups excluding tert-OH is 1. The average molecular weight is 251 g/mol. The monoisotopic (exact) mass is 251 g/mol. The van der Waals surface area contributed by atoms with Crippen molar-refractivity contribution in [2.24, 2.45) is 0 Å². The standard InChI is InChI=1S/C16H29NO/c1-2-3-4-5-6-7-8-9-10-13-16(18)15-12-11-14-17-15/h11-12,14,16-18H,2-10,13H2,1H3. The van der Waals surface area contributed by atoms with Gasteiger partial charge in [0.25, 0.3) is 0 Å². The quantitative estimate of drug-likeness (QED) is 0.535. The number of H-pyrrole nitrogens is 1. The van der Waals surface area contributed by atoms with Crippen molar-refractivity contribution >= 4 is 0 Å². The van der Waals surface area contributed by atoms with Crippen molar-refractivity contribution < 1.29 is 5.11 Å². The van der Waals surface area contributed by atoms with E-state index in [2.05, 4.69) is 11.9 Å². The van der Waals surface area contributed by atoms with Gasteiger partial charge in [0.1, 0.15) is 0 Å². The van der Waals surface area contributed by atoms with E-state index in [-0.39, 0.29) is 6.10 Å². The van der Waals surface area contributed by atoms with Gasteiger partial charge in [0.05, 0.1) is 6.10 Å². The highest BCUT2D eigenvalue weighted by molar-refractivity contribution is 5.06. The zero-order chi connectivity index (χ0) is 13.1. The number of nitrogens with one attached hydrogen (secondary N) is 1. The van der Waals surface area contributed by atoms with E-state index in [1.54, 1.807) is 0 Å². The lowest BCUT2D eigenvalue weighted by Gasteiger charge is -2.08. The van der Waals surface area contributed by atoms with Gasteiger partial charge in [-0.25, -0.2) is 0 Å². The largest absolute Gasteiger partial charge is 0.387 e. The Morgan fingerprint density at radius 2 is 1.61 bits per heavy atom. The van der Waals surface area contributed by atoms with Crippen molar-refractivity contribution in [2.45, 2.75) is 77.2 Å². The maximum Gasteiger partial charge on any atom is 0.0937 e. The van der Waals surface area contributed by atoms with Gasteiger partial charge in [-0.3, -0.25) is 0 Å². The normalized spacial score (nSPS) is 12.8. The third-order valence-corrected chi connectivity index (χ3v) is 3.56. The van der Waals surface area contributed by atoms with Gasteiger partial charge in [-0.1, -0.05) is 64.7 Å². The molecule has 0 saturated carbocycles. The highest BCUT2D eigenvalue weighted by Crippen LogP contribution is 2.18. The molecule has 0 spiro atoms. The van der Waals surface area contributed by atoms with E-state index < -0.39 is 0 Å². The Bertz CT molecular complexity index is 269. The smallest absolute Gasteiger partial charge is 0.0937 e. The van der Waals surface area contributed by atoms with Gasteiger partial charge in [-0.15, -0.1) is 0 Å². The lowest BCUT2D eigenvalue weighted by molar-refractivity contribution is 0.159. The molecule has 2 N–H and O–H groups in total. The molecule has 2 nitrogen and oxygen atoms in total. The molecule has 0 radical (unpaired) electrons. The van der Waals surface area contributed by atoms with Gasteiger partial charge in [0.15, 0.2) is 0 Å². The fourth-order valence-electron chi connectivity index (χ4n) is 2.36. The van der Waals surface area contributed by atoms with E-state index in [1.807, 2.05) is 18.3 Å². The molecule has 1 atom stereocenters. The molecule has 18 heavy (non-hydrogen) atoms. The molecule has 1 unspecified atom stereocenters. The second-order valence-electron chi connectivity index (χ2n) is 5.26. The number of rotatable bonds is 11. The zero-order valence-corrected chi connectivity index (χ0v) is 11.8. The van der Waals surface area contributed by atoms with E-state index >= 15 is 0 Å². The minimum absolute atomic E-state index is 0.301. The molecule has 0 aromatic carbocycles. The van der Waals surface area contributed by atoms with Crippen LogP contribution < -0.4 is 0 Å². The first kappa shape index (κ1) is 15.3.